The molecule has 2 aromatic carbocycles. The van der Waals surface area contributed by atoms with Crippen LogP contribution in [0.25, 0.3) is 0 Å². The molecule has 0 spiro atoms. The second-order valence-electron chi connectivity index (χ2n) is 7.35. The lowest BCUT2D eigenvalue weighted by atomic mass is 9.80. The number of benzene rings is 2. The van der Waals surface area contributed by atoms with Gasteiger partial charge in [-0.2, -0.15) is 0 Å². The zero-order valence-electron chi connectivity index (χ0n) is 16.4. The first-order valence-electron chi connectivity index (χ1n) is 9.94. The van der Waals surface area contributed by atoms with Gasteiger partial charge in [0.15, 0.2) is 0 Å². The minimum atomic E-state index is -0.176. The molecular formula is C23H30FNO2. The number of unbranched alkanes of at least 4 members (excludes halogenated alkanes) is 1. The van der Waals surface area contributed by atoms with Crippen LogP contribution >= 0.6 is 0 Å². The van der Waals surface area contributed by atoms with Gasteiger partial charge in [0, 0.05) is 12.5 Å². The van der Waals surface area contributed by atoms with E-state index in [0.29, 0.717) is 18.4 Å². The van der Waals surface area contributed by atoms with E-state index < -0.39 is 0 Å². The third kappa shape index (κ3) is 5.46. The zero-order chi connectivity index (χ0) is 19.1. The molecule has 146 valence electrons. The Labute approximate surface area is 162 Å². The summed E-state index contributed by atoms with van der Waals surface area (Å²) in [6.07, 6.45) is 3.53. The van der Waals surface area contributed by atoms with Crippen LogP contribution in [0.2, 0.25) is 0 Å². The number of piperidine rings is 1. The summed E-state index contributed by atoms with van der Waals surface area (Å²) in [4.78, 5) is 2.55. The second-order valence-corrected chi connectivity index (χ2v) is 7.35. The van der Waals surface area contributed by atoms with Gasteiger partial charge >= 0.3 is 0 Å². The van der Waals surface area contributed by atoms with Gasteiger partial charge in [-0.3, -0.25) is 0 Å². The highest BCUT2D eigenvalue weighted by molar-refractivity contribution is 5.31. The summed E-state index contributed by atoms with van der Waals surface area (Å²) in [6.45, 7) is 6.16. The van der Waals surface area contributed by atoms with E-state index in [2.05, 4.69) is 11.8 Å². The second kappa shape index (κ2) is 9.75. The predicted octanol–water partition coefficient (Wildman–Crippen LogP) is 5.12. The third-order valence-corrected chi connectivity index (χ3v) is 5.47. The van der Waals surface area contributed by atoms with Crippen LogP contribution < -0.4 is 9.47 Å². The molecule has 0 aromatic heterocycles. The number of methoxy groups -OCH3 is 1. The van der Waals surface area contributed by atoms with Crippen LogP contribution in [-0.4, -0.2) is 38.3 Å². The van der Waals surface area contributed by atoms with Gasteiger partial charge in [0.1, 0.15) is 17.3 Å². The van der Waals surface area contributed by atoms with Crippen molar-refractivity contribution in [2.24, 2.45) is 5.92 Å². The topological polar surface area (TPSA) is 21.7 Å². The summed E-state index contributed by atoms with van der Waals surface area (Å²) in [7, 11) is 1.66. The molecule has 1 aliphatic rings. The summed E-state index contributed by atoms with van der Waals surface area (Å²) in [5.41, 5.74) is 1.22. The predicted molar refractivity (Wildman–Crippen MR) is 107 cm³/mol. The molecular weight excluding hydrogens is 341 g/mol. The quantitative estimate of drug-likeness (QED) is 0.643. The van der Waals surface area contributed by atoms with E-state index in [4.69, 9.17) is 9.47 Å². The molecule has 0 N–H and O–H groups in total. The third-order valence-electron chi connectivity index (χ3n) is 5.47. The Balaban J connectivity index is 1.68. The van der Waals surface area contributed by atoms with Crippen LogP contribution in [0.4, 0.5) is 4.39 Å². The molecule has 0 bridgehead atoms. The van der Waals surface area contributed by atoms with E-state index in [1.807, 2.05) is 36.4 Å². The lowest BCUT2D eigenvalue weighted by Gasteiger charge is -2.38. The fraction of sp³-hybridized carbons (Fsp3) is 0.478. The Bertz CT molecular complexity index is 687. The Kier molecular flexibility index (Phi) is 7.11. The maximum atomic E-state index is 13.3. The van der Waals surface area contributed by atoms with Gasteiger partial charge in [0.25, 0.3) is 0 Å². The fourth-order valence-electron chi connectivity index (χ4n) is 3.89. The molecule has 27 heavy (non-hydrogen) atoms. The Hall–Kier alpha value is -2.07. The SMILES string of the molecule is CCCCN1CCC(c2ccc(F)cc2)C(COc2ccc(OC)cc2)C1. The van der Waals surface area contributed by atoms with Crippen molar-refractivity contribution in [3.63, 3.8) is 0 Å². The molecule has 0 saturated carbocycles. The normalized spacial score (nSPS) is 20.4. The van der Waals surface area contributed by atoms with Gasteiger partial charge in [-0.1, -0.05) is 25.5 Å². The van der Waals surface area contributed by atoms with Crippen molar-refractivity contribution in [1.29, 1.82) is 0 Å². The van der Waals surface area contributed by atoms with Crippen LogP contribution in [-0.2, 0) is 0 Å². The summed E-state index contributed by atoms with van der Waals surface area (Å²) in [5.74, 6) is 2.31. The van der Waals surface area contributed by atoms with Crippen molar-refractivity contribution < 1.29 is 13.9 Å². The largest absolute Gasteiger partial charge is 0.497 e. The molecule has 2 atom stereocenters. The average Bonchev–Trinajstić information content (AvgIpc) is 2.72. The molecule has 0 amide bonds. The van der Waals surface area contributed by atoms with Crippen molar-refractivity contribution in [3.05, 3.63) is 59.9 Å². The molecule has 0 aliphatic carbocycles. The monoisotopic (exact) mass is 371 g/mol. The summed E-state index contributed by atoms with van der Waals surface area (Å²) in [6, 6.07) is 14.7. The number of nitrogens with zero attached hydrogens (tertiary/aromatic N) is 1. The van der Waals surface area contributed by atoms with Crippen LogP contribution in [0, 0.1) is 11.7 Å². The highest BCUT2D eigenvalue weighted by atomic mass is 19.1. The van der Waals surface area contributed by atoms with Crippen molar-refractivity contribution in [1.82, 2.24) is 4.90 Å². The minimum Gasteiger partial charge on any atom is -0.497 e. The Morgan fingerprint density at radius 2 is 1.74 bits per heavy atom. The molecule has 4 heteroatoms. The van der Waals surface area contributed by atoms with Crippen LogP contribution in [0.3, 0.4) is 0 Å². The van der Waals surface area contributed by atoms with Gasteiger partial charge in [-0.25, -0.2) is 4.39 Å². The molecule has 2 unspecified atom stereocenters. The van der Waals surface area contributed by atoms with Gasteiger partial charge in [0.05, 0.1) is 13.7 Å². The van der Waals surface area contributed by atoms with E-state index >= 15 is 0 Å². The van der Waals surface area contributed by atoms with Crippen LogP contribution in [0.1, 0.15) is 37.7 Å². The van der Waals surface area contributed by atoms with Crippen LogP contribution in [0.5, 0.6) is 11.5 Å². The van der Waals surface area contributed by atoms with Crippen LogP contribution in [0.15, 0.2) is 48.5 Å². The van der Waals surface area contributed by atoms with E-state index in [0.717, 1.165) is 37.6 Å². The molecule has 1 aliphatic heterocycles. The maximum absolute atomic E-state index is 13.3. The Morgan fingerprint density at radius 3 is 2.41 bits per heavy atom. The molecule has 3 rings (SSSR count). The zero-order valence-corrected chi connectivity index (χ0v) is 16.4. The summed E-state index contributed by atoms with van der Waals surface area (Å²) < 4.78 is 24.7. The molecule has 3 nitrogen and oxygen atoms in total. The summed E-state index contributed by atoms with van der Waals surface area (Å²) >= 11 is 0. The number of likely N-dealkylation sites (tertiary alicyclic amines) is 1. The van der Waals surface area contributed by atoms with Crippen molar-refractivity contribution in [2.45, 2.75) is 32.1 Å². The fourth-order valence-corrected chi connectivity index (χ4v) is 3.89. The standard InChI is InChI=1S/C23H30FNO2/c1-3-4-14-25-15-13-23(18-5-7-20(24)8-6-18)19(16-25)17-27-22-11-9-21(26-2)10-12-22/h5-12,19,23H,3-4,13-17H2,1-2H3. The Morgan fingerprint density at radius 1 is 1.04 bits per heavy atom. The number of rotatable bonds is 8. The first kappa shape index (κ1) is 19.7. The number of ether oxygens (including phenoxy) is 2. The highest BCUT2D eigenvalue weighted by Gasteiger charge is 2.30. The van der Waals surface area contributed by atoms with Crippen molar-refractivity contribution in [2.75, 3.05) is 33.4 Å². The minimum absolute atomic E-state index is 0.176. The number of hydrogen-bond acceptors (Lipinski definition) is 3. The lowest BCUT2D eigenvalue weighted by Crippen LogP contribution is -2.42. The lowest BCUT2D eigenvalue weighted by molar-refractivity contribution is 0.110. The molecule has 2 aromatic rings. The van der Waals surface area contributed by atoms with E-state index in [1.54, 1.807) is 19.2 Å². The van der Waals surface area contributed by atoms with Gasteiger partial charge in [0.2, 0.25) is 0 Å². The highest BCUT2D eigenvalue weighted by Crippen LogP contribution is 2.34. The first-order chi connectivity index (χ1) is 13.2. The maximum Gasteiger partial charge on any atom is 0.123 e. The first-order valence-corrected chi connectivity index (χ1v) is 9.94. The van der Waals surface area contributed by atoms with E-state index in [1.165, 1.54) is 18.4 Å². The van der Waals surface area contributed by atoms with Crippen molar-refractivity contribution >= 4 is 0 Å². The average molecular weight is 371 g/mol. The molecule has 1 fully saturated rings. The van der Waals surface area contributed by atoms with Gasteiger partial charge in [-0.15, -0.1) is 0 Å². The number of hydrogen-bond donors (Lipinski definition) is 0. The van der Waals surface area contributed by atoms with Gasteiger partial charge < -0.3 is 14.4 Å². The van der Waals surface area contributed by atoms with E-state index in [-0.39, 0.29) is 5.82 Å². The summed E-state index contributed by atoms with van der Waals surface area (Å²) in [5, 5.41) is 0. The van der Waals surface area contributed by atoms with E-state index in [9.17, 15) is 4.39 Å². The molecule has 1 saturated heterocycles. The molecule has 1 heterocycles. The van der Waals surface area contributed by atoms with Gasteiger partial charge in [-0.05, 0) is 73.8 Å². The number of halogens is 1. The smallest absolute Gasteiger partial charge is 0.123 e. The van der Waals surface area contributed by atoms with Crippen molar-refractivity contribution in [3.8, 4) is 11.5 Å². The molecule has 0 radical (unpaired) electrons.